The highest BCUT2D eigenvalue weighted by atomic mass is 35.5. The topological polar surface area (TPSA) is 132 Å². The lowest BCUT2D eigenvalue weighted by Crippen LogP contribution is -2.41. The molecule has 0 unspecified atom stereocenters. The number of aromatic nitrogens is 3. The van der Waals surface area contributed by atoms with E-state index < -0.39 is 63.9 Å². The van der Waals surface area contributed by atoms with Crippen molar-refractivity contribution in [3.8, 4) is 5.75 Å². The number of rotatable bonds is 10. The summed E-state index contributed by atoms with van der Waals surface area (Å²) in [5, 5.41) is 8.54. The van der Waals surface area contributed by atoms with Crippen LogP contribution in [0, 0.1) is 0 Å². The predicted molar refractivity (Wildman–Crippen MR) is 150 cm³/mol. The average Bonchev–Trinajstić information content (AvgIpc) is 3.23. The van der Waals surface area contributed by atoms with Crippen molar-refractivity contribution in [2.24, 2.45) is 0 Å². The molecule has 228 valence electrons. The van der Waals surface area contributed by atoms with Crippen molar-refractivity contribution in [3.05, 3.63) is 63.7 Å². The van der Waals surface area contributed by atoms with Gasteiger partial charge in [0, 0.05) is 23.0 Å². The molecule has 4 rings (SSSR count). The van der Waals surface area contributed by atoms with Gasteiger partial charge in [-0.3, -0.25) is 9.69 Å². The molecule has 18 heteroatoms. The van der Waals surface area contributed by atoms with Gasteiger partial charge in [0.1, 0.15) is 11.5 Å². The summed E-state index contributed by atoms with van der Waals surface area (Å²) in [5.74, 6) is -0.679. The normalized spacial score (nSPS) is 14.1. The highest BCUT2D eigenvalue weighted by Crippen LogP contribution is 2.45. The Kier molecular flexibility index (Phi) is 9.02. The molecule has 0 atom stereocenters. The van der Waals surface area contributed by atoms with Crippen molar-refractivity contribution in [1.29, 1.82) is 0 Å². The molecule has 0 spiro atoms. The van der Waals surface area contributed by atoms with E-state index >= 15 is 0 Å². The van der Waals surface area contributed by atoms with E-state index in [-0.39, 0.29) is 38.2 Å². The van der Waals surface area contributed by atoms with Crippen LogP contribution in [0.4, 0.5) is 24.5 Å². The molecule has 3 aromatic rings. The lowest BCUT2D eigenvalue weighted by Gasteiger charge is -2.32. The van der Waals surface area contributed by atoms with E-state index in [2.05, 4.69) is 10.2 Å². The van der Waals surface area contributed by atoms with E-state index in [0.717, 1.165) is 16.5 Å². The molecule has 1 aliphatic heterocycles. The van der Waals surface area contributed by atoms with Crippen LogP contribution in [0.15, 0.2) is 36.4 Å². The van der Waals surface area contributed by atoms with Gasteiger partial charge in [0.05, 0.1) is 31.2 Å². The summed E-state index contributed by atoms with van der Waals surface area (Å²) in [7, 11) is -8.82. The maximum absolute atomic E-state index is 13.2. The van der Waals surface area contributed by atoms with Crippen LogP contribution in [0.5, 0.6) is 5.75 Å². The van der Waals surface area contributed by atoms with E-state index in [1.807, 2.05) is 0 Å². The summed E-state index contributed by atoms with van der Waals surface area (Å²) in [4.78, 5) is 14.1. The number of carbonyl (C=O) groups is 1. The number of alkyl halides is 3. The first-order valence-corrected chi connectivity index (χ1v) is 16.6. The van der Waals surface area contributed by atoms with Gasteiger partial charge in [0.2, 0.25) is 20.0 Å². The fraction of sp³-hybridized carbons (Fsp3) is 0.375. The Morgan fingerprint density at radius 2 is 1.57 bits per heavy atom. The number of hydrogen-bond acceptors (Lipinski definition) is 8. The lowest BCUT2D eigenvalue weighted by molar-refractivity contribution is -0.137. The fourth-order valence-electron chi connectivity index (χ4n) is 4.39. The second-order valence-corrected chi connectivity index (χ2v) is 14.2. The smallest absolute Gasteiger partial charge is 0.390 e. The zero-order valence-corrected chi connectivity index (χ0v) is 25.2. The van der Waals surface area contributed by atoms with Gasteiger partial charge in [0.25, 0.3) is 5.91 Å². The standard InChI is InChI=1S/C24H24Cl2F3N5O6S2/c1-41(36,37)34(42(2,38)39)19-12-17(26)11-18-23(19)40-14-22(35)33(18)13-21-31-30-20(32(21)10-9-24(27,28)29)8-5-15-3-6-16(25)7-4-15/h3-4,6-7,11-12H,5,8-10,13-14H2,1-2H3. The van der Waals surface area contributed by atoms with Gasteiger partial charge in [0.15, 0.2) is 18.2 Å². The second kappa shape index (κ2) is 11.9. The quantitative estimate of drug-likeness (QED) is 0.317. The van der Waals surface area contributed by atoms with Crippen molar-refractivity contribution in [1.82, 2.24) is 14.8 Å². The lowest BCUT2D eigenvalue weighted by atomic mass is 10.1. The third-order valence-corrected chi connectivity index (χ3v) is 9.81. The number of hydrogen-bond donors (Lipinski definition) is 0. The first kappa shape index (κ1) is 31.8. The average molecular weight is 671 g/mol. The Balaban J connectivity index is 1.74. The third kappa shape index (κ3) is 7.46. The first-order valence-electron chi connectivity index (χ1n) is 12.1. The maximum Gasteiger partial charge on any atom is 0.390 e. The van der Waals surface area contributed by atoms with Crippen molar-refractivity contribution in [3.63, 3.8) is 0 Å². The van der Waals surface area contributed by atoms with Crippen LogP contribution in [0.2, 0.25) is 10.0 Å². The van der Waals surface area contributed by atoms with E-state index in [1.54, 1.807) is 24.3 Å². The zero-order chi connectivity index (χ0) is 31.0. The SMILES string of the molecule is CS(=O)(=O)N(c1cc(Cl)cc2c1OCC(=O)N2Cc1nnc(CCc2ccc(Cl)cc2)n1CCC(F)(F)F)S(C)(=O)=O. The molecule has 0 bridgehead atoms. The molecule has 2 heterocycles. The summed E-state index contributed by atoms with van der Waals surface area (Å²) in [6, 6.07) is 9.23. The van der Waals surface area contributed by atoms with Gasteiger partial charge in [-0.1, -0.05) is 35.3 Å². The van der Waals surface area contributed by atoms with Crippen molar-refractivity contribution in [2.45, 2.75) is 38.5 Å². The third-order valence-electron chi connectivity index (χ3n) is 6.12. The van der Waals surface area contributed by atoms with Crippen LogP contribution < -0.4 is 13.3 Å². The van der Waals surface area contributed by atoms with E-state index in [4.69, 9.17) is 27.9 Å². The number of nitrogens with zero attached hydrogens (tertiary/aromatic N) is 5. The van der Waals surface area contributed by atoms with Crippen molar-refractivity contribution >= 4 is 60.5 Å². The minimum atomic E-state index is -4.49. The van der Waals surface area contributed by atoms with Crippen LogP contribution in [-0.4, -0.2) is 62.8 Å². The van der Waals surface area contributed by atoms with Crippen LogP contribution in [0.1, 0.15) is 23.6 Å². The number of ether oxygens (including phenoxy) is 1. The minimum absolute atomic E-state index is 0.0103. The van der Waals surface area contributed by atoms with Crippen LogP contribution in [0.3, 0.4) is 0 Å². The Morgan fingerprint density at radius 1 is 0.952 bits per heavy atom. The summed E-state index contributed by atoms with van der Waals surface area (Å²) < 4.78 is 96.3. The molecule has 11 nitrogen and oxygen atoms in total. The number of benzene rings is 2. The largest absolute Gasteiger partial charge is 0.479 e. The molecule has 42 heavy (non-hydrogen) atoms. The Hall–Kier alpha value is -3.08. The number of fused-ring (bicyclic) bond motifs is 1. The van der Waals surface area contributed by atoms with E-state index in [0.29, 0.717) is 24.0 Å². The van der Waals surface area contributed by atoms with Crippen LogP contribution in [0.25, 0.3) is 0 Å². The second-order valence-electron chi connectivity index (χ2n) is 9.44. The molecule has 0 fully saturated rings. The minimum Gasteiger partial charge on any atom is -0.479 e. The molecule has 0 radical (unpaired) electrons. The maximum atomic E-state index is 13.2. The van der Waals surface area contributed by atoms with Gasteiger partial charge < -0.3 is 9.30 Å². The van der Waals surface area contributed by atoms with E-state index in [1.165, 1.54) is 10.6 Å². The monoisotopic (exact) mass is 669 g/mol. The number of sulfonamides is 2. The van der Waals surface area contributed by atoms with Gasteiger partial charge in [-0.15, -0.1) is 10.2 Å². The van der Waals surface area contributed by atoms with E-state index in [9.17, 15) is 34.8 Å². The van der Waals surface area contributed by atoms with Crippen LogP contribution in [-0.2, 0) is 50.8 Å². The Bertz CT molecular complexity index is 1680. The van der Waals surface area contributed by atoms with Crippen molar-refractivity contribution < 1.29 is 39.5 Å². The number of carbonyl (C=O) groups excluding carboxylic acids is 1. The van der Waals surface area contributed by atoms with Crippen LogP contribution >= 0.6 is 23.2 Å². The number of anilines is 2. The molecular formula is C24H24Cl2F3N5O6S2. The predicted octanol–water partition coefficient (Wildman–Crippen LogP) is 3.97. The molecular weight excluding hydrogens is 646 g/mol. The summed E-state index contributed by atoms with van der Waals surface area (Å²) >= 11 is 12.1. The van der Waals surface area contributed by atoms with Gasteiger partial charge >= 0.3 is 6.18 Å². The number of amides is 1. The molecule has 0 aliphatic carbocycles. The van der Waals surface area contributed by atoms with Gasteiger partial charge in [-0.2, -0.15) is 16.9 Å². The molecule has 1 aliphatic rings. The summed E-state index contributed by atoms with van der Waals surface area (Å²) in [6.07, 6.45) is -3.68. The molecule has 0 saturated heterocycles. The zero-order valence-electron chi connectivity index (χ0n) is 22.1. The van der Waals surface area contributed by atoms with Gasteiger partial charge in [-0.25, -0.2) is 16.8 Å². The highest BCUT2D eigenvalue weighted by molar-refractivity contribution is 8.09. The Labute approximate surface area is 249 Å². The molecule has 0 saturated carbocycles. The molecule has 2 aromatic carbocycles. The summed E-state index contributed by atoms with van der Waals surface area (Å²) in [6.45, 7) is -1.54. The Morgan fingerprint density at radius 3 is 2.17 bits per heavy atom. The molecule has 0 N–H and O–H groups in total. The van der Waals surface area contributed by atoms with Gasteiger partial charge in [-0.05, 0) is 36.2 Å². The molecule has 1 amide bonds. The summed E-state index contributed by atoms with van der Waals surface area (Å²) in [5.41, 5.74) is 0.313. The van der Waals surface area contributed by atoms with Crippen molar-refractivity contribution in [2.75, 3.05) is 27.7 Å². The number of aryl methyl sites for hydroxylation is 2. The molecule has 1 aromatic heterocycles. The fourth-order valence-corrected chi connectivity index (χ4v) is 7.68. The number of halogens is 5. The first-order chi connectivity index (χ1) is 19.4. The highest BCUT2D eigenvalue weighted by Gasteiger charge is 2.37.